The second-order valence-electron chi connectivity index (χ2n) is 5.57. The van der Waals surface area contributed by atoms with Gasteiger partial charge in [-0.3, -0.25) is 0 Å². The topological polar surface area (TPSA) is 39.7 Å². The lowest BCUT2D eigenvalue weighted by Crippen LogP contribution is -2.25. The molecular formula is C16H22ClNO3. The van der Waals surface area contributed by atoms with Crippen LogP contribution < -0.4 is 14.8 Å². The number of benzene rings is 1. The van der Waals surface area contributed by atoms with E-state index in [1.54, 1.807) is 0 Å². The molecule has 0 amide bonds. The first kappa shape index (κ1) is 14.9. The molecule has 0 saturated carbocycles. The van der Waals surface area contributed by atoms with Crippen molar-refractivity contribution in [3.63, 3.8) is 0 Å². The van der Waals surface area contributed by atoms with E-state index >= 15 is 0 Å². The maximum absolute atomic E-state index is 6.32. The van der Waals surface area contributed by atoms with Crippen LogP contribution in [0, 0.1) is 5.92 Å². The number of ether oxygens (including phenoxy) is 3. The number of hydrogen-bond acceptors (Lipinski definition) is 4. The number of rotatable bonds is 5. The Morgan fingerprint density at radius 1 is 1.24 bits per heavy atom. The van der Waals surface area contributed by atoms with Crippen LogP contribution >= 0.6 is 11.6 Å². The van der Waals surface area contributed by atoms with Gasteiger partial charge in [0.25, 0.3) is 0 Å². The van der Waals surface area contributed by atoms with Crippen LogP contribution in [0.3, 0.4) is 0 Å². The fraction of sp³-hybridized carbons (Fsp3) is 0.625. The molecule has 0 aromatic heterocycles. The first-order valence-electron chi connectivity index (χ1n) is 7.71. The van der Waals surface area contributed by atoms with Crippen LogP contribution in [-0.2, 0) is 4.74 Å². The molecule has 3 rings (SSSR count). The first-order valence-corrected chi connectivity index (χ1v) is 8.08. The van der Waals surface area contributed by atoms with Crippen LogP contribution in [-0.4, -0.2) is 32.9 Å². The normalized spacial score (nSPS) is 24.3. The molecule has 0 radical (unpaired) electrons. The van der Waals surface area contributed by atoms with E-state index in [-0.39, 0.29) is 6.10 Å². The standard InChI is InChI=1S/C16H22ClNO3/c1-2-4-18-10-11-3-5-20-15(11)12-8-13(17)16-14(9-12)19-6-7-21-16/h8-9,11,15,18H,2-7,10H2,1H3. The van der Waals surface area contributed by atoms with Crippen molar-refractivity contribution in [2.45, 2.75) is 25.9 Å². The zero-order valence-corrected chi connectivity index (χ0v) is 13.1. The van der Waals surface area contributed by atoms with Crippen molar-refractivity contribution in [2.75, 3.05) is 32.9 Å². The summed E-state index contributed by atoms with van der Waals surface area (Å²) in [7, 11) is 0. The van der Waals surface area contributed by atoms with Gasteiger partial charge in [0.2, 0.25) is 0 Å². The Morgan fingerprint density at radius 3 is 2.95 bits per heavy atom. The molecule has 1 saturated heterocycles. The molecule has 0 bridgehead atoms. The summed E-state index contributed by atoms with van der Waals surface area (Å²) < 4.78 is 17.2. The zero-order chi connectivity index (χ0) is 14.7. The molecule has 0 aliphatic carbocycles. The average molecular weight is 312 g/mol. The van der Waals surface area contributed by atoms with E-state index < -0.39 is 0 Å². The van der Waals surface area contributed by atoms with Gasteiger partial charge in [-0.2, -0.15) is 0 Å². The summed E-state index contributed by atoms with van der Waals surface area (Å²) in [6, 6.07) is 3.97. The van der Waals surface area contributed by atoms with Gasteiger partial charge >= 0.3 is 0 Å². The minimum absolute atomic E-state index is 0.0858. The summed E-state index contributed by atoms with van der Waals surface area (Å²) in [6.45, 7) is 6.12. The average Bonchev–Trinajstić information content (AvgIpc) is 2.96. The fourth-order valence-corrected chi connectivity index (χ4v) is 3.24. The highest BCUT2D eigenvalue weighted by Crippen LogP contribution is 2.43. The smallest absolute Gasteiger partial charge is 0.179 e. The molecule has 4 nitrogen and oxygen atoms in total. The summed E-state index contributed by atoms with van der Waals surface area (Å²) in [6.07, 6.45) is 2.31. The summed E-state index contributed by atoms with van der Waals surface area (Å²) in [4.78, 5) is 0. The van der Waals surface area contributed by atoms with Crippen LogP contribution in [0.2, 0.25) is 5.02 Å². The van der Waals surface area contributed by atoms with Gasteiger partial charge in [0.15, 0.2) is 11.5 Å². The highest BCUT2D eigenvalue weighted by Gasteiger charge is 2.31. The van der Waals surface area contributed by atoms with Crippen molar-refractivity contribution in [1.29, 1.82) is 0 Å². The van der Waals surface area contributed by atoms with E-state index in [4.69, 9.17) is 25.8 Å². The number of halogens is 1. The highest BCUT2D eigenvalue weighted by molar-refractivity contribution is 6.32. The third-order valence-corrected chi connectivity index (χ3v) is 4.28. The SMILES string of the molecule is CCCNCC1CCOC1c1cc(Cl)c2c(c1)OCCO2. The summed E-state index contributed by atoms with van der Waals surface area (Å²) in [5, 5.41) is 4.09. The number of nitrogens with one attached hydrogen (secondary N) is 1. The Bertz CT molecular complexity index is 495. The van der Waals surface area contributed by atoms with Crippen molar-refractivity contribution < 1.29 is 14.2 Å². The van der Waals surface area contributed by atoms with Crippen LogP contribution in [0.1, 0.15) is 31.4 Å². The second-order valence-corrected chi connectivity index (χ2v) is 5.98. The quantitative estimate of drug-likeness (QED) is 0.848. The summed E-state index contributed by atoms with van der Waals surface area (Å²) in [5.41, 5.74) is 1.09. The third kappa shape index (κ3) is 3.28. The predicted octanol–water partition coefficient (Wildman–Crippen LogP) is 3.19. The molecule has 1 aromatic carbocycles. The van der Waals surface area contributed by atoms with Crippen molar-refractivity contribution in [3.8, 4) is 11.5 Å². The van der Waals surface area contributed by atoms with Gasteiger partial charge in [-0.15, -0.1) is 0 Å². The van der Waals surface area contributed by atoms with Gasteiger partial charge in [0, 0.05) is 19.1 Å². The molecule has 2 aliphatic rings. The summed E-state index contributed by atoms with van der Waals surface area (Å²) in [5.74, 6) is 1.88. The van der Waals surface area contributed by atoms with Crippen LogP contribution in [0.15, 0.2) is 12.1 Å². The fourth-order valence-electron chi connectivity index (χ4n) is 2.97. The number of fused-ring (bicyclic) bond motifs is 1. The maximum atomic E-state index is 6.32. The lowest BCUT2D eigenvalue weighted by atomic mass is 9.95. The third-order valence-electron chi connectivity index (χ3n) is 4.00. The molecule has 116 valence electrons. The van der Waals surface area contributed by atoms with E-state index in [1.165, 1.54) is 0 Å². The van der Waals surface area contributed by atoms with E-state index in [0.29, 0.717) is 29.9 Å². The van der Waals surface area contributed by atoms with Gasteiger partial charge in [0.05, 0.1) is 11.1 Å². The molecule has 1 aromatic rings. The molecule has 2 atom stereocenters. The minimum Gasteiger partial charge on any atom is -0.486 e. The largest absolute Gasteiger partial charge is 0.486 e. The van der Waals surface area contributed by atoms with E-state index in [1.807, 2.05) is 12.1 Å². The molecule has 1 fully saturated rings. The molecule has 21 heavy (non-hydrogen) atoms. The van der Waals surface area contributed by atoms with Gasteiger partial charge < -0.3 is 19.5 Å². The maximum Gasteiger partial charge on any atom is 0.179 e. The van der Waals surface area contributed by atoms with Gasteiger partial charge in [0.1, 0.15) is 13.2 Å². The van der Waals surface area contributed by atoms with Gasteiger partial charge in [-0.1, -0.05) is 18.5 Å². The minimum atomic E-state index is 0.0858. The van der Waals surface area contributed by atoms with Gasteiger partial charge in [-0.25, -0.2) is 0 Å². The Hall–Kier alpha value is -0.970. The first-order chi connectivity index (χ1) is 10.3. The Morgan fingerprint density at radius 2 is 2.10 bits per heavy atom. The van der Waals surface area contributed by atoms with Crippen LogP contribution in [0.25, 0.3) is 0 Å². The molecule has 0 spiro atoms. The zero-order valence-electron chi connectivity index (χ0n) is 12.4. The Balaban J connectivity index is 1.77. The monoisotopic (exact) mass is 311 g/mol. The lowest BCUT2D eigenvalue weighted by molar-refractivity contribution is 0.0897. The lowest BCUT2D eigenvalue weighted by Gasteiger charge is -2.24. The molecule has 2 heterocycles. The van der Waals surface area contributed by atoms with E-state index in [9.17, 15) is 0 Å². The van der Waals surface area contributed by atoms with Crippen LogP contribution in [0.4, 0.5) is 0 Å². The molecule has 2 unspecified atom stereocenters. The molecule has 2 aliphatic heterocycles. The van der Waals surface area contributed by atoms with Gasteiger partial charge in [-0.05, 0) is 37.1 Å². The van der Waals surface area contributed by atoms with Crippen LogP contribution in [0.5, 0.6) is 11.5 Å². The highest BCUT2D eigenvalue weighted by atomic mass is 35.5. The van der Waals surface area contributed by atoms with E-state index in [2.05, 4.69) is 12.2 Å². The van der Waals surface area contributed by atoms with Crippen molar-refractivity contribution in [3.05, 3.63) is 22.7 Å². The van der Waals surface area contributed by atoms with Crippen molar-refractivity contribution in [2.24, 2.45) is 5.92 Å². The number of hydrogen-bond donors (Lipinski definition) is 1. The Labute approximate surface area is 130 Å². The second kappa shape index (κ2) is 6.86. The molecule has 1 N–H and O–H groups in total. The van der Waals surface area contributed by atoms with E-state index in [0.717, 1.165) is 43.9 Å². The van der Waals surface area contributed by atoms with Crippen molar-refractivity contribution >= 4 is 11.6 Å². The summed E-state index contributed by atoms with van der Waals surface area (Å²) >= 11 is 6.32. The molecular weight excluding hydrogens is 290 g/mol. The predicted molar refractivity (Wildman–Crippen MR) is 82.4 cm³/mol. The Kier molecular flexibility index (Phi) is 4.88. The molecule has 5 heteroatoms. The van der Waals surface area contributed by atoms with Crippen molar-refractivity contribution in [1.82, 2.24) is 5.32 Å².